The van der Waals surface area contributed by atoms with Crippen LogP contribution in [0.25, 0.3) is 0 Å². The molecule has 2 fully saturated rings. The molecule has 2 saturated heterocycles. The summed E-state index contributed by atoms with van der Waals surface area (Å²) in [7, 11) is 1.87. The van der Waals surface area contributed by atoms with Crippen LogP contribution in [-0.2, 0) is 14.3 Å². The fourth-order valence-electron chi connectivity index (χ4n) is 2.86. The third-order valence-electron chi connectivity index (χ3n) is 3.98. The van der Waals surface area contributed by atoms with Gasteiger partial charge in [-0.15, -0.1) is 0 Å². The van der Waals surface area contributed by atoms with Crippen LogP contribution in [0.15, 0.2) is 24.3 Å². The van der Waals surface area contributed by atoms with E-state index in [-0.39, 0.29) is 24.1 Å². The summed E-state index contributed by atoms with van der Waals surface area (Å²) in [6, 6.07) is 6.12. The Morgan fingerprint density at radius 3 is 2.76 bits per heavy atom. The summed E-state index contributed by atoms with van der Waals surface area (Å²) in [6.45, 7) is 2.26. The fraction of sp³-hybridized carbons (Fsp3) is 0.533. The molecule has 2 aliphatic rings. The van der Waals surface area contributed by atoms with Crippen LogP contribution in [0.3, 0.4) is 0 Å². The van der Waals surface area contributed by atoms with Crippen molar-refractivity contribution in [3.63, 3.8) is 0 Å². The monoisotopic (exact) mass is 294 g/mol. The number of rotatable bonds is 4. The van der Waals surface area contributed by atoms with Crippen molar-refractivity contribution < 1.29 is 18.7 Å². The number of hydrogen-bond donors (Lipinski definition) is 0. The van der Waals surface area contributed by atoms with Crippen LogP contribution in [0.5, 0.6) is 0 Å². The second-order valence-electron chi connectivity index (χ2n) is 5.36. The molecule has 0 N–H and O–H groups in total. The molecule has 3 rings (SSSR count). The van der Waals surface area contributed by atoms with Crippen LogP contribution < -0.4 is 4.90 Å². The number of nitrogens with zero attached hydrogens (tertiary/aromatic N) is 2. The van der Waals surface area contributed by atoms with Gasteiger partial charge in [-0.25, -0.2) is 4.39 Å². The van der Waals surface area contributed by atoms with Crippen molar-refractivity contribution in [1.82, 2.24) is 4.90 Å². The first kappa shape index (κ1) is 14.4. The Hall–Kier alpha value is -1.50. The highest BCUT2D eigenvalue weighted by Gasteiger charge is 2.37. The third kappa shape index (κ3) is 2.92. The average Bonchev–Trinajstić information content (AvgIpc) is 3.09. The predicted octanol–water partition coefficient (Wildman–Crippen LogP) is 1.24. The van der Waals surface area contributed by atoms with Gasteiger partial charge in [0.2, 0.25) is 5.91 Å². The molecule has 1 atom stereocenters. The Bertz CT molecular complexity index is 519. The summed E-state index contributed by atoms with van der Waals surface area (Å²) >= 11 is 0. The van der Waals surface area contributed by atoms with Crippen LogP contribution in [-0.4, -0.2) is 56.5 Å². The number of carbonyl (C=O) groups excluding carboxylic acids is 1. The summed E-state index contributed by atoms with van der Waals surface area (Å²) in [6.07, 6.45) is 0.404. The first-order valence-corrected chi connectivity index (χ1v) is 7.16. The van der Waals surface area contributed by atoms with Crippen LogP contribution in [0, 0.1) is 5.82 Å². The Morgan fingerprint density at radius 1 is 1.33 bits per heavy atom. The number of halogens is 1. The zero-order valence-electron chi connectivity index (χ0n) is 12.0. The van der Waals surface area contributed by atoms with E-state index in [9.17, 15) is 9.18 Å². The van der Waals surface area contributed by atoms with Crippen LogP contribution >= 0.6 is 0 Å². The van der Waals surface area contributed by atoms with E-state index in [4.69, 9.17) is 9.47 Å². The van der Waals surface area contributed by atoms with Gasteiger partial charge in [-0.2, -0.15) is 0 Å². The molecule has 6 heteroatoms. The number of anilines is 1. The second kappa shape index (κ2) is 6.09. The lowest BCUT2D eigenvalue weighted by Gasteiger charge is -2.25. The van der Waals surface area contributed by atoms with E-state index < -0.39 is 0 Å². The molecule has 21 heavy (non-hydrogen) atoms. The zero-order valence-corrected chi connectivity index (χ0v) is 12.0. The molecule has 1 amide bonds. The molecule has 1 aromatic carbocycles. The van der Waals surface area contributed by atoms with Gasteiger partial charge in [0.1, 0.15) is 5.82 Å². The van der Waals surface area contributed by atoms with Gasteiger partial charge in [-0.1, -0.05) is 12.1 Å². The molecule has 2 aliphatic heterocycles. The first-order chi connectivity index (χ1) is 10.2. The van der Waals surface area contributed by atoms with Gasteiger partial charge in [0.25, 0.3) is 0 Å². The van der Waals surface area contributed by atoms with Gasteiger partial charge in [-0.3, -0.25) is 9.69 Å². The smallest absolute Gasteiger partial charge is 0.244 e. The van der Waals surface area contributed by atoms with Crippen molar-refractivity contribution in [2.75, 3.05) is 38.3 Å². The van der Waals surface area contributed by atoms with Gasteiger partial charge < -0.3 is 14.4 Å². The number of hydrogen-bond acceptors (Lipinski definition) is 4. The lowest BCUT2D eigenvalue weighted by molar-refractivity contribution is -0.123. The molecule has 2 heterocycles. The zero-order chi connectivity index (χ0) is 14.8. The molecular formula is C15H19FN2O3. The van der Waals surface area contributed by atoms with E-state index in [2.05, 4.69) is 0 Å². The number of carbonyl (C=O) groups is 1. The third-order valence-corrected chi connectivity index (χ3v) is 3.98. The van der Waals surface area contributed by atoms with E-state index in [1.54, 1.807) is 18.2 Å². The van der Waals surface area contributed by atoms with E-state index in [0.717, 1.165) is 0 Å². The highest BCUT2D eigenvalue weighted by molar-refractivity contribution is 5.99. The predicted molar refractivity (Wildman–Crippen MR) is 75.5 cm³/mol. The summed E-state index contributed by atoms with van der Waals surface area (Å²) in [5.74, 6) is -0.433. The number of para-hydroxylation sites is 1. The van der Waals surface area contributed by atoms with Gasteiger partial charge >= 0.3 is 0 Å². The van der Waals surface area contributed by atoms with Crippen molar-refractivity contribution in [3.05, 3.63) is 30.1 Å². The molecular weight excluding hydrogens is 275 g/mol. The number of likely N-dealkylation sites (N-methyl/N-ethyl adjacent to an activating group) is 1. The minimum atomic E-state index is -0.364. The second-order valence-corrected chi connectivity index (χ2v) is 5.36. The minimum Gasteiger partial charge on any atom is -0.349 e. The number of benzene rings is 1. The van der Waals surface area contributed by atoms with Gasteiger partial charge in [0, 0.05) is 13.1 Å². The lowest BCUT2D eigenvalue weighted by atomic mass is 10.2. The van der Waals surface area contributed by atoms with Crippen LogP contribution in [0.2, 0.25) is 0 Å². The maximum absolute atomic E-state index is 13.8. The Balaban J connectivity index is 1.67. The number of ether oxygens (including phenoxy) is 2. The van der Waals surface area contributed by atoms with Crippen LogP contribution in [0.1, 0.15) is 6.42 Å². The minimum absolute atomic E-state index is 0.0689. The lowest BCUT2D eigenvalue weighted by Crippen LogP contribution is -2.43. The molecule has 5 nitrogen and oxygen atoms in total. The molecule has 0 bridgehead atoms. The summed E-state index contributed by atoms with van der Waals surface area (Å²) in [4.78, 5) is 16.0. The Labute approximate surface area is 123 Å². The summed E-state index contributed by atoms with van der Waals surface area (Å²) in [5, 5.41) is 0. The standard InChI is InChI=1S/C15H19FN2O3/c1-17(10-14-20-8-9-21-14)13-6-7-18(15(13)19)12-5-3-2-4-11(12)16/h2-5,13-14H,6-10H2,1H3/t13-/m1/s1. The molecule has 0 radical (unpaired) electrons. The molecule has 0 aromatic heterocycles. The topological polar surface area (TPSA) is 42.0 Å². The summed E-state index contributed by atoms with van der Waals surface area (Å²) < 4.78 is 24.6. The quantitative estimate of drug-likeness (QED) is 0.838. The van der Waals surface area contributed by atoms with Crippen LogP contribution in [0.4, 0.5) is 10.1 Å². The SMILES string of the molecule is CN(CC1OCCO1)[C@@H]1CCN(c2ccccc2F)C1=O. The molecule has 0 aliphatic carbocycles. The van der Waals surface area contributed by atoms with Gasteiger partial charge in [-0.05, 0) is 25.6 Å². The van der Waals surface area contributed by atoms with Crippen molar-refractivity contribution in [3.8, 4) is 0 Å². The average molecular weight is 294 g/mol. The molecule has 114 valence electrons. The maximum atomic E-state index is 13.8. The van der Waals surface area contributed by atoms with E-state index in [1.165, 1.54) is 11.0 Å². The normalized spacial score (nSPS) is 23.5. The highest BCUT2D eigenvalue weighted by atomic mass is 19.1. The van der Waals surface area contributed by atoms with Gasteiger partial charge in [0.15, 0.2) is 6.29 Å². The maximum Gasteiger partial charge on any atom is 0.244 e. The fourth-order valence-corrected chi connectivity index (χ4v) is 2.86. The molecule has 0 unspecified atom stereocenters. The molecule has 1 aromatic rings. The highest BCUT2D eigenvalue weighted by Crippen LogP contribution is 2.26. The Morgan fingerprint density at radius 2 is 2.05 bits per heavy atom. The van der Waals surface area contributed by atoms with Crippen molar-refractivity contribution in [1.29, 1.82) is 0 Å². The van der Waals surface area contributed by atoms with Crippen molar-refractivity contribution in [2.24, 2.45) is 0 Å². The van der Waals surface area contributed by atoms with Crippen molar-refractivity contribution in [2.45, 2.75) is 18.8 Å². The number of amides is 1. The summed E-state index contributed by atoms with van der Waals surface area (Å²) in [5.41, 5.74) is 0.353. The first-order valence-electron chi connectivity index (χ1n) is 7.16. The molecule has 0 spiro atoms. The Kier molecular flexibility index (Phi) is 4.19. The van der Waals surface area contributed by atoms with E-state index >= 15 is 0 Å². The van der Waals surface area contributed by atoms with E-state index in [0.29, 0.717) is 38.4 Å². The van der Waals surface area contributed by atoms with Crippen molar-refractivity contribution >= 4 is 11.6 Å². The van der Waals surface area contributed by atoms with Gasteiger partial charge in [0.05, 0.1) is 24.9 Å². The van der Waals surface area contributed by atoms with E-state index in [1.807, 2.05) is 11.9 Å². The molecule has 0 saturated carbocycles. The largest absolute Gasteiger partial charge is 0.349 e.